The van der Waals surface area contributed by atoms with E-state index in [1.165, 1.54) is 23.1 Å². The van der Waals surface area contributed by atoms with Crippen LogP contribution in [0.5, 0.6) is 0 Å². The largest absolute Gasteiger partial charge is 0.361 e. The number of para-hydroxylation sites is 1. The molecule has 0 spiro atoms. The number of hydrogen-bond acceptors (Lipinski definition) is 7. The smallest absolute Gasteiger partial charge is 0.230 e. The van der Waals surface area contributed by atoms with Crippen molar-refractivity contribution in [2.24, 2.45) is 0 Å². The van der Waals surface area contributed by atoms with Crippen LogP contribution in [0.15, 0.2) is 34.8 Å². The molecule has 0 aliphatic carbocycles. The average molecular weight is 459 g/mol. The van der Waals surface area contributed by atoms with Gasteiger partial charge in [-0.15, -0.1) is 10.2 Å². The molecule has 164 valence electrons. The molecule has 3 heterocycles. The predicted octanol–water partition coefficient (Wildman–Crippen LogP) is 2.53. The number of H-pyrrole nitrogens is 1. The van der Waals surface area contributed by atoms with Crippen LogP contribution in [0.1, 0.15) is 19.4 Å². The Morgan fingerprint density at radius 1 is 1.19 bits per heavy atom. The fourth-order valence-corrected chi connectivity index (χ4v) is 5.28. The van der Waals surface area contributed by atoms with Crippen LogP contribution in [0.25, 0.3) is 10.9 Å². The number of aromatic amines is 1. The van der Waals surface area contributed by atoms with E-state index in [9.17, 15) is 9.59 Å². The molecule has 1 fully saturated rings. The van der Waals surface area contributed by atoms with Crippen molar-refractivity contribution < 1.29 is 9.59 Å². The first-order chi connectivity index (χ1) is 15.0. The predicted molar refractivity (Wildman–Crippen MR) is 125 cm³/mol. The van der Waals surface area contributed by atoms with Gasteiger partial charge in [0.2, 0.25) is 16.9 Å². The van der Waals surface area contributed by atoms with Crippen LogP contribution in [0, 0.1) is 0 Å². The summed E-state index contributed by atoms with van der Waals surface area (Å²) in [6.07, 6.45) is 2.34. The fourth-order valence-electron chi connectivity index (χ4n) is 3.58. The van der Waals surface area contributed by atoms with Gasteiger partial charge in [-0.3, -0.25) is 9.59 Å². The summed E-state index contributed by atoms with van der Waals surface area (Å²) >= 11 is 2.90. The van der Waals surface area contributed by atoms with E-state index in [-0.39, 0.29) is 17.9 Å². The number of nitrogens with zero attached hydrogens (tertiary/aromatic N) is 4. The molecule has 2 amide bonds. The first-order valence-corrected chi connectivity index (χ1v) is 12.1. The molecule has 1 aromatic carbocycles. The number of hydrogen-bond donors (Lipinski definition) is 2. The molecule has 1 aliphatic rings. The van der Waals surface area contributed by atoms with Crippen molar-refractivity contribution in [3.05, 3.63) is 36.0 Å². The van der Waals surface area contributed by atoms with Crippen molar-refractivity contribution in [1.82, 2.24) is 25.4 Å². The molecule has 3 aromatic rings. The van der Waals surface area contributed by atoms with E-state index in [0.29, 0.717) is 25.3 Å². The zero-order valence-electron chi connectivity index (χ0n) is 17.6. The highest BCUT2D eigenvalue weighted by Crippen LogP contribution is 2.28. The van der Waals surface area contributed by atoms with Gasteiger partial charge < -0.3 is 20.1 Å². The van der Waals surface area contributed by atoms with E-state index < -0.39 is 0 Å². The maximum Gasteiger partial charge on any atom is 0.230 e. The van der Waals surface area contributed by atoms with Gasteiger partial charge in [-0.2, -0.15) is 0 Å². The Hall–Kier alpha value is -2.59. The molecule has 2 aromatic heterocycles. The lowest BCUT2D eigenvalue weighted by molar-refractivity contribution is -0.130. The van der Waals surface area contributed by atoms with E-state index >= 15 is 0 Å². The highest BCUT2D eigenvalue weighted by Gasteiger charge is 2.24. The third kappa shape index (κ3) is 5.37. The van der Waals surface area contributed by atoms with Crippen molar-refractivity contribution in [2.75, 3.05) is 36.8 Å². The molecule has 0 atom stereocenters. The number of thioether (sulfide) groups is 1. The van der Waals surface area contributed by atoms with Crippen molar-refractivity contribution in [3.63, 3.8) is 0 Å². The number of rotatable bonds is 7. The molecule has 10 heteroatoms. The summed E-state index contributed by atoms with van der Waals surface area (Å²) in [5.74, 6) is 0.483. The molecule has 0 bridgehead atoms. The lowest BCUT2D eigenvalue weighted by atomic mass is 10.1. The number of carbonyl (C=O) groups is 2. The summed E-state index contributed by atoms with van der Waals surface area (Å²) in [6.45, 7) is 6.67. The molecular weight excluding hydrogens is 432 g/mol. The standard InChI is InChI=1S/C21H26N6O2S2/c1-14(2)23-18(28)13-30-21-25-24-20(31-21)27-9-7-26(8-10-27)19(29)11-15-12-22-17-6-4-3-5-16(15)17/h3-6,12,14,22H,7-11,13H2,1-2H3,(H,23,28). The Bertz CT molecular complexity index is 1060. The Labute approximate surface area is 189 Å². The van der Waals surface area contributed by atoms with Gasteiger partial charge in [0.25, 0.3) is 0 Å². The van der Waals surface area contributed by atoms with E-state index in [1.54, 1.807) is 0 Å². The fraction of sp³-hybridized carbons (Fsp3) is 0.429. The second kappa shape index (κ2) is 9.69. The summed E-state index contributed by atoms with van der Waals surface area (Å²) in [6, 6.07) is 8.18. The van der Waals surface area contributed by atoms with E-state index in [4.69, 9.17) is 0 Å². The summed E-state index contributed by atoms with van der Waals surface area (Å²) in [5.41, 5.74) is 2.09. The molecule has 1 aliphatic heterocycles. The lowest BCUT2D eigenvalue weighted by Crippen LogP contribution is -2.49. The second-order valence-corrected chi connectivity index (χ2v) is 9.94. The van der Waals surface area contributed by atoms with Crippen LogP contribution in [0.2, 0.25) is 0 Å². The molecule has 0 radical (unpaired) electrons. The Kier molecular flexibility index (Phi) is 6.77. The number of benzene rings is 1. The number of anilines is 1. The summed E-state index contributed by atoms with van der Waals surface area (Å²) in [7, 11) is 0. The molecule has 0 saturated carbocycles. The Morgan fingerprint density at radius 3 is 2.74 bits per heavy atom. The zero-order chi connectivity index (χ0) is 21.8. The average Bonchev–Trinajstić information content (AvgIpc) is 3.39. The molecular formula is C21H26N6O2S2. The van der Waals surface area contributed by atoms with Gasteiger partial charge in [0, 0.05) is 49.3 Å². The van der Waals surface area contributed by atoms with Crippen molar-refractivity contribution in [3.8, 4) is 0 Å². The van der Waals surface area contributed by atoms with E-state index in [1.807, 2.05) is 49.2 Å². The van der Waals surface area contributed by atoms with Gasteiger partial charge in [0.1, 0.15) is 0 Å². The number of aromatic nitrogens is 3. The number of piperazine rings is 1. The minimum Gasteiger partial charge on any atom is -0.361 e. The van der Waals surface area contributed by atoms with Crippen LogP contribution < -0.4 is 10.2 Å². The van der Waals surface area contributed by atoms with Gasteiger partial charge >= 0.3 is 0 Å². The van der Waals surface area contributed by atoms with Crippen LogP contribution >= 0.6 is 23.1 Å². The maximum atomic E-state index is 12.8. The number of amides is 2. The van der Waals surface area contributed by atoms with Gasteiger partial charge in [-0.05, 0) is 25.5 Å². The van der Waals surface area contributed by atoms with Crippen molar-refractivity contribution in [1.29, 1.82) is 0 Å². The molecule has 1 saturated heterocycles. The minimum absolute atomic E-state index is 0.000854. The number of fused-ring (bicyclic) bond motifs is 1. The normalized spacial score (nSPS) is 14.4. The number of carbonyl (C=O) groups excluding carboxylic acids is 2. The monoisotopic (exact) mass is 458 g/mol. The number of nitrogens with one attached hydrogen (secondary N) is 2. The first kappa shape index (κ1) is 21.6. The highest BCUT2D eigenvalue weighted by molar-refractivity contribution is 8.01. The molecule has 4 rings (SSSR count). The zero-order valence-corrected chi connectivity index (χ0v) is 19.3. The van der Waals surface area contributed by atoms with E-state index in [2.05, 4.69) is 25.4 Å². The van der Waals surface area contributed by atoms with Gasteiger partial charge in [0.15, 0.2) is 4.34 Å². The second-order valence-electron chi connectivity index (χ2n) is 7.77. The van der Waals surface area contributed by atoms with Crippen LogP contribution in [-0.4, -0.2) is 69.9 Å². The summed E-state index contributed by atoms with van der Waals surface area (Å²) < 4.78 is 0.784. The topological polar surface area (TPSA) is 94.2 Å². The van der Waals surface area contributed by atoms with Crippen LogP contribution in [0.3, 0.4) is 0 Å². The van der Waals surface area contributed by atoms with Crippen molar-refractivity contribution >= 4 is 50.9 Å². The highest BCUT2D eigenvalue weighted by atomic mass is 32.2. The Morgan fingerprint density at radius 2 is 1.97 bits per heavy atom. The quantitative estimate of drug-likeness (QED) is 0.529. The van der Waals surface area contributed by atoms with Gasteiger partial charge in [0.05, 0.1) is 12.2 Å². The van der Waals surface area contributed by atoms with E-state index in [0.717, 1.165) is 39.0 Å². The molecule has 2 N–H and O–H groups in total. The maximum absolute atomic E-state index is 12.8. The third-order valence-corrected chi connectivity index (χ3v) is 7.21. The summed E-state index contributed by atoms with van der Waals surface area (Å²) in [5, 5.41) is 13.3. The van der Waals surface area contributed by atoms with Crippen molar-refractivity contribution in [2.45, 2.75) is 30.6 Å². The summed E-state index contributed by atoms with van der Waals surface area (Å²) in [4.78, 5) is 31.9. The van der Waals surface area contributed by atoms with Gasteiger partial charge in [-0.25, -0.2) is 0 Å². The third-order valence-electron chi connectivity index (χ3n) is 5.09. The Balaban J connectivity index is 1.27. The molecule has 0 unspecified atom stereocenters. The first-order valence-electron chi connectivity index (χ1n) is 10.3. The van der Waals surface area contributed by atoms with Crippen LogP contribution in [-0.2, 0) is 16.0 Å². The molecule has 31 heavy (non-hydrogen) atoms. The van der Waals surface area contributed by atoms with Gasteiger partial charge in [-0.1, -0.05) is 41.3 Å². The lowest BCUT2D eigenvalue weighted by Gasteiger charge is -2.34. The molecule has 8 nitrogen and oxygen atoms in total. The minimum atomic E-state index is -0.000854. The SMILES string of the molecule is CC(C)NC(=O)CSc1nnc(N2CCN(C(=O)Cc3c[nH]c4ccccc34)CC2)s1. The van der Waals surface area contributed by atoms with Crippen LogP contribution in [0.4, 0.5) is 5.13 Å².